The number of amides is 1. The van der Waals surface area contributed by atoms with Crippen LogP contribution in [-0.2, 0) is 4.79 Å². The maximum Gasteiger partial charge on any atom is 0.266 e. The van der Waals surface area contributed by atoms with Crippen molar-refractivity contribution < 1.29 is 9.53 Å². The van der Waals surface area contributed by atoms with Crippen molar-refractivity contribution in [3.8, 4) is 11.8 Å². The average Bonchev–Trinajstić information content (AvgIpc) is 2.70. The molecule has 0 aliphatic carbocycles. The van der Waals surface area contributed by atoms with Gasteiger partial charge < -0.3 is 15.0 Å². The van der Waals surface area contributed by atoms with E-state index in [0.29, 0.717) is 11.4 Å². The van der Waals surface area contributed by atoms with Crippen LogP contribution in [0, 0.1) is 11.3 Å². The Balaban J connectivity index is 1.87. The average molecular weight is 387 g/mol. The van der Waals surface area contributed by atoms with E-state index in [1.807, 2.05) is 24.3 Å². The zero-order valence-electron chi connectivity index (χ0n) is 17.4. The Morgan fingerprint density at radius 2 is 1.90 bits per heavy atom. The molecule has 0 spiro atoms. The molecule has 1 aliphatic rings. The highest BCUT2D eigenvalue weighted by molar-refractivity contribution is 6.09. The molecule has 1 aliphatic heterocycles. The first kappa shape index (κ1) is 20.2. The molecule has 29 heavy (non-hydrogen) atoms. The minimum Gasteiger partial charge on any atom is -0.497 e. The number of nitrogens with zero attached hydrogens (tertiary/aromatic N) is 2. The number of fused-ring (bicyclic) bond motifs is 1. The first-order chi connectivity index (χ1) is 13.7. The lowest BCUT2D eigenvalue weighted by molar-refractivity contribution is -0.112. The summed E-state index contributed by atoms with van der Waals surface area (Å²) in [6, 6.07) is 15.0. The van der Waals surface area contributed by atoms with Crippen LogP contribution in [0.3, 0.4) is 0 Å². The Morgan fingerprint density at radius 3 is 2.52 bits per heavy atom. The molecule has 0 unspecified atom stereocenters. The number of nitriles is 1. The number of allylic oxidation sites excluding steroid dienone is 1. The zero-order chi connectivity index (χ0) is 21.2. The van der Waals surface area contributed by atoms with Crippen molar-refractivity contribution >= 4 is 28.9 Å². The highest BCUT2D eigenvalue weighted by Crippen LogP contribution is 2.38. The number of rotatable bonds is 4. The summed E-state index contributed by atoms with van der Waals surface area (Å²) in [5.41, 5.74) is 4.81. The zero-order valence-corrected chi connectivity index (χ0v) is 17.4. The Labute approximate surface area is 171 Å². The van der Waals surface area contributed by atoms with Gasteiger partial charge in [-0.1, -0.05) is 12.1 Å². The van der Waals surface area contributed by atoms with Gasteiger partial charge in [-0.05, 0) is 74.4 Å². The highest BCUT2D eigenvalue weighted by atomic mass is 16.5. The molecule has 1 amide bonds. The van der Waals surface area contributed by atoms with Crippen molar-refractivity contribution in [2.75, 3.05) is 24.4 Å². The molecule has 0 radical (unpaired) electrons. The molecular formula is C24H25N3O2. The van der Waals surface area contributed by atoms with Gasteiger partial charge in [0.15, 0.2) is 0 Å². The molecule has 148 valence electrons. The SMILES string of the molecule is COc1ccc(NC(=O)/C(C#N)=C/c2ccc3c(c2)C(C)=CC(C)(C)N3C)cc1. The lowest BCUT2D eigenvalue weighted by Crippen LogP contribution is -2.42. The molecular weight excluding hydrogens is 362 g/mol. The van der Waals surface area contributed by atoms with Crippen molar-refractivity contribution in [2.45, 2.75) is 26.3 Å². The molecule has 5 heteroatoms. The number of hydrogen-bond donors (Lipinski definition) is 1. The summed E-state index contributed by atoms with van der Waals surface area (Å²) < 4.78 is 5.11. The number of hydrogen-bond acceptors (Lipinski definition) is 4. The van der Waals surface area contributed by atoms with Crippen molar-refractivity contribution in [2.24, 2.45) is 0 Å². The van der Waals surface area contributed by atoms with Crippen LogP contribution in [0.15, 0.2) is 54.1 Å². The number of carbonyl (C=O) groups is 1. The quantitative estimate of drug-likeness (QED) is 0.600. The van der Waals surface area contributed by atoms with Gasteiger partial charge in [-0.2, -0.15) is 5.26 Å². The second-order valence-corrected chi connectivity index (χ2v) is 7.67. The van der Waals surface area contributed by atoms with Crippen LogP contribution in [-0.4, -0.2) is 25.6 Å². The molecule has 2 aromatic carbocycles. The van der Waals surface area contributed by atoms with Crippen LogP contribution in [0.2, 0.25) is 0 Å². The third kappa shape index (κ3) is 4.17. The van der Waals surface area contributed by atoms with Crippen LogP contribution in [0.1, 0.15) is 31.9 Å². The fourth-order valence-electron chi connectivity index (χ4n) is 3.45. The molecule has 5 nitrogen and oxygen atoms in total. The Morgan fingerprint density at radius 1 is 1.21 bits per heavy atom. The van der Waals surface area contributed by atoms with Crippen LogP contribution in [0.25, 0.3) is 11.6 Å². The minimum atomic E-state index is -0.444. The molecule has 1 N–H and O–H groups in total. The lowest BCUT2D eigenvalue weighted by atomic mass is 9.88. The molecule has 0 aromatic heterocycles. The number of likely N-dealkylation sites (N-methyl/N-ethyl adjacent to an activating group) is 1. The summed E-state index contributed by atoms with van der Waals surface area (Å²) >= 11 is 0. The predicted molar refractivity (Wildman–Crippen MR) is 118 cm³/mol. The number of nitrogens with one attached hydrogen (secondary N) is 1. The fourth-order valence-corrected chi connectivity index (χ4v) is 3.45. The van der Waals surface area contributed by atoms with Crippen molar-refractivity contribution in [3.63, 3.8) is 0 Å². The molecule has 2 aromatic rings. The number of anilines is 2. The normalized spacial score (nSPS) is 15.1. The van der Waals surface area contributed by atoms with Gasteiger partial charge in [-0.15, -0.1) is 0 Å². The van der Waals surface area contributed by atoms with Crippen molar-refractivity contribution in [1.82, 2.24) is 0 Å². The Kier molecular flexibility index (Phi) is 5.47. The fraction of sp³-hybridized carbons (Fsp3) is 0.250. The second-order valence-electron chi connectivity index (χ2n) is 7.67. The van der Waals surface area contributed by atoms with E-state index in [9.17, 15) is 10.1 Å². The Bertz CT molecular complexity index is 1040. The van der Waals surface area contributed by atoms with E-state index in [1.165, 1.54) is 5.57 Å². The van der Waals surface area contributed by atoms with E-state index in [4.69, 9.17) is 4.74 Å². The topological polar surface area (TPSA) is 65.4 Å². The standard InChI is InChI=1S/C24H25N3O2/c1-16-14-24(2,3)27(4)22-11-6-17(13-21(16)22)12-18(15-25)23(28)26-19-7-9-20(29-5)10-8-19/h6-14H,1-5H3,(H,26,28)/b18-12+. The van der Waals surface area contributed by atoms with E-state index in [0.717, 1.165) is 16.8 Å². The first-order valence-electron chi connectivity index (χ1n) is 9.40. The van der Waals surface area contributed by atoms with E-state index in [2.05, 4.69) is 44.1 Å². The monoisotopic (exact) mass is 387 g/mol. The predicted octanol–water partition coefficient (Wildman–Crippen LogP) is 4.87. The summed E-state index contributed by atoms with van der Waals surface area (Å²) in [5, 5.41) is 12.2. The van der Waals surface area contributed by atoms with Gasteiger partial charge in [-0.25, -0.2) is 0 Å². The maximum absolute atomic E-state index is 12.5. The van der Waals surface area contributed by atoms with Crippen LogP contribution < -0.4 is 15.0 Å². The van der Waals surface area contributed by atoms with Gasteiger partial charge in [0.05, 0.1) is 12.6 Å². The second kappa shape index (κ2) is 7.84. The summed E-state index contributed by atoms with van der Waals surface area (Å²) in [6.07, 6.45) is 3.84. The Hall–Kier alpha value is -3.52. The number of ether oxygens (including phenoxy) is 1. The van der Waals surface area contributed by atoms with E-state index < -0.39 is 5.91 Å². The van der Waals surface area contributed by atoms with Crippen LogP contribution >= 0.6 is 0 Å². The maximum atomic E-state index is 12.5. The summed E-state index contributed by atoms with van der Waals surface area (Å²) in [5.74, 6) is 0.255. The number of carbonyl (C=O) groups excluding carboxylic acids is 1. The van der Waals surface area contributed by atoms with Gasteiger partial charge in [-0.3, -0.25) is 4.79 Å². The first-order valence-corrected chi connectivity index (χ1v) is 9.40. The summed E-state index contributed by atoms with van der Waals surface area (Å²) in [4.78, 5) is 14.8. The van der Waals surface area contributed by atoms with Gasteiger partial charge in [0.2, 0.25) is 0 Å². The number of methoxy groups -OCH3 is 1. The minimum absolute atomic E-state index is 0.0481. The van der Waals surface area contributed by atoms with Crippen molar-refractivity contribution in [3.05, 3.63) is 65.2 Å². The van der Waals surface area contributed by atoms with E-state index >= 15 is 0 Å². The molecule has 1 heterocycles. The largest absolute Gasteiger partial charge is 0.497 e. The molecule has 0 atom stereocenters. The molecule has 0 saturated heterocycles. The highest BCUT2D eigenvalue weighted by Gasteiger charge is 2.28. The van der Waals surface area contributed by atoms with E-state index in [-0.39, 0.29) is 11.1 Å². The van der Waals surface area contributed by atoms with E-state index in [1.54, 1.807) is 37.5 Å². The van der Waals surface area contributed by atoms with Gasteiger partial charge in [0.1, 0.15) is 17.4 Å². The van der Waals surface area contributed by atoms with Gasteiger partial charge in [0, 0.05) is 24.0 Å². The summed E-state index contributed by atoms with van der Waals surface area (Å²) in [6.45, 7) is 6.43. The summed E-state index contributed by atoms with van der Waals surface area (Å²) in [7, 11) is 3.65. The van der Waals surface area contributed by atoms with Crippen LogP contribution in [0.5, 0.6) is 5.75 Å². The third-order valence-electron chi connectivity index (χ3n) is 5.26. The molecule has 0 bridgehead atoms. The van der Waals surface area contributed by atoms with Crippen molar-refractivity contribution in [1.29, 1.82) is 5.26 Å². The van der Waals surface area contributed by atoms with Gasteiger partial charge in [0.25, 0.3) is 5.91 Å². The van der Waals surface area contributed by atoms with Crippen LogP contribution in [0.4, 0.5) is 11.4 Å². The lowest BCUT2D eigenvalue weighted by Gasteiger charge is -2.40. The smallest absolute Gasteiger partial charge is 0.266 e. The molecule has 0 fully saturated rings. The third-order valence-corrected chi connectivity index (χ3v) is 5.26. The molecule has 3 rings (SSSR count). The van der Waals surface area contributed by atoms with Gasteiger partial charge >= 0.3 is 0 Å². The number of benzene rings is 2. The molecule has 0 saturated carbocycles.